The van der Waals surface area contributed by atoms with Crippen LogP contribution in [0.15, 0.2) is 41.4 Å². The molecule has 2 aromatic rings. The summed E-state index contributed by atoms with van der Waals surface area (Å²) >= 11 is 1.31. The minimum atomic E-state index is -0.456. The number of carbonyl (C=O) groups excluding carboxylic acids is 1. The van der Waals surface area contributed by atoms with Gasteiger partial charge < -0.3 is 5.32 Å². The number of nitro benzene ring substituents is 1. The maximum absolute atomic E-state index is 11.7. The van der Waals surface area contributed by atoms with Crippen LogP contribution in [0.2, 0.25) is 0 Å². The third-order valence-electron chi connectivity index (χ3n) is 2.40. The van der Waals surface area contributed by atoms with E-state index in [0.717, 1.165) is 4.90 Å². The van der Waals surface area contributed by atoms with Crippen LogP contribution in [0.1, 0.15) is 0 Å². The Kier molecular flexibility index (Phi) is 4.36. The first-order chi connectivity index (χ1) is 9.54. The van der Waals surface area contributed by atoms with Gasteiger partial charge in [-0.05, 0) is 12.1 Å². The monoisotopic (exact) mass is 292 g/mol. The molecule has 0 radical (unpaired) electrons. The lowest BCUT2D eigenvalue weighted by Gasteiger charge is -2.02. The van der Waals surface area contributed by atoms with Gasteiger partial charge in [-0.25, -0.2) is 0 Å². The van der Waals surface area contributed by atoms with Gasteiger partial charge >= 0.3 is 0 Å². The van der Waals surface area contributed by atoms with Crippen molar-refractivity contribution in [1.82, 2.24) is 9.78 Å². The first kappa shape index (κ1) is 14.1. The lowest BCUT2D eigenvalue weighted by molar-refractivity contribution is -0.384. The smallest absolute Gasteiger partial charge is 0.269 e. The molecule has 0 spiro atoms. The molecular weight excluding hydrogens is 280 g/mol. The number of rotatable bonds is 5. The largest absolute Gasteiger partial charge is 0.308 e. The van der Waals surface area contributed by atoms with Crippen LogP contribution in [0.4, 0.5) is 11.5 Å². The topological polar surface area (TPSA) is 90.1 Å². The molecule has 2 rings (SSSR count). The number of amides is 1. The highest BCUT2D eigenvalue weighted by Gasteiger charge is 2.07. The van der Waals surface area contributed by atoms with E-state index in [0.29, 0.717) is 5.82 Å². The van der Waals surface area contributed by atoms with Gasteiger partial charge in [0.25, 0.3) is 5.69 Å². The second kappa shape index (κ2) is 6.20. The van der Waals surface area contributed by atoms with Crippen LogP contribution in [0.25, 0.3) is 0 Å². The summed E-state index contributed by atoms with van der Waals surface area (Å²) in [6.45, 7) is 0. The van der Waals surface area contributed by atoms with Gasteiger partial charge in [0.05, 0.1) is 10.7 Å². The summed E-state index contributed by atoms with van der Waals surface area (Å²) in [6.07, 6.45) is 1.74. The molecule has 0 saturated heterocycles. The van der Waals surface area contributed by atoms with E-state index >= 15 is 0 Å². The van der Waals surface area contributed by atoms with Crippen LogP contribution in [-0.4, -0.2) is 26.4 Å². The van der Waals surface area contributed by atoms with Crippen molar-refractivity contribution < 1.29 is 9.72 Å². The van der Waals surface area contributed by atoms with Crippen molar-refractivity contribution in [3.63, 3.8) is 0 Å². The van der Waals surface area contributed by atoms with Crippen molar-refractivity contribution in [2.75, 3.05) is 11.1 Å². The molecule has 1 aromatic carbocycles. The second-order valence-electron chi connectivity index (χ2n) is 3.96. The molecule has 0 fully saturated rings. The lowest BCUT2D eigenvalue weighted by atomic mass is 10.3. The number of aryl methyl sites for hydroxylation is 1. The molecule has 7 nitrogen and oxygen atoms in total. The standard InChI is InChI=1S/C12H12N4O3S/c1-15-7-6-11(14-15)13-12(17)8-20-10-4-2-9(3-5-10)16(18)19/h2-7H,8H2,1H3,(H,13,14,17). The minimum absolute atomic E-state index is 0.0345. The SMILES string of the molecule is Cn1ccc(NC(=O)CSc2ccc([N+](=O)[O-])cc2)n1. The Morgan fingerprint density at radius 3 is 2.65 bits per heavy atom. The number of benzene rings is 1. The molecule has 104 valence electrons. The summed E-state index contributed by atoms with van der Waals surface area (Å²) in [7, 11) is 1.77. The van der Waals surface area contributed by atoms with E-state index in [9.17, 15) is 14.9 Å². The van der Waals surface area contributed by atoms with Crippen molar-refractivity contribution in [2.45, 2.75) is 4.90 Å². The van der Waals surface area contributed by atoms with Crippen molar-refractivity contribution in [2.24, 2.45) is 7.05 Å². The molecule has 1 N–H and O–H groups in total. The van der Waals surface area contributed by atoms with E-state index in [4.69, 9.17) is 0 Å². The van der Waals surface area contributed by atoms with Crippen LogP contribution in [0.3, 0.4) is 0 Å². The fourth-order valence-electron chi connectivity index (χ4n) is 1.47. The molecule has 0 aliphatic heterocycles. The minimum Gasteiger partial charge on any atom is -0.308 e. The second-order valence-corrected chi connectivity index (χ2v) is 5.01. The Bertz CT molecular complexity index is 624. The number of nitro groups is 1. The van der Waals surface area contributed by atoms with Gasteiger partial charge in [0.2, 0.25) is 5.91 Å². The highest BCUT2D eigenvalue weighted by Crippen LogP contribution is 2.21. The number of nitrogens with one attached hydrogen (secondary N) is 1. The number of anilines is 1. The molecule has 0 saturated carbocycles. The van der Waals surface area contributed by atoms with E-state index in [1.807, 2.05) is 0 Å². The van der Waals surface area contributed by atoms with Crippen LogP contribution in [0, 0.1) is 10.1 Å². The predicted molar refractivity (Wildman–Crippen MR) is 75.7 cm³/mol. The van der Waals surface area contributed by atoms with Crippen molar-refractivity contribution >= 4 is 29.2 Å². The number of hydrogen-bond acceptors (Lipinski definition) is 5. The summed E-state index contributed by atoms with van der Waals surface area (Å²) in [5.41, 5.74) is 0.0345. The molecule has 8 heteroatoms. The van der Waals surface area contributed by atoms with E-state index in [2.05, 4.69) is 10.4 Å². The quantitative estimate of drug-likeness (QED) is 0.517. The average Bonchev–Trinajstić information content (AvgIpc) is 2.82. The summed E-state index contributed by atoms with van der Waals surface area (Å²) in [5.74, 6) is 0.544. The maximum Gasteiger partial charge on any atom is 0.269 e. The number of nitrogens with zero attached hydrogens (tertiary/aromatic N) is 3. The molecule has 0 aliphatic carbocycles. The molecular formula is C12H12N4O3S. The third-order valence-corrected chi connectivity index (χ3v) is 3.41. The zero-order chi connectivity index (χ0) is 14.5. The van der Waals surface area contributed by atoms with Crippen molar-refractivity contribution in [1.29, 1.82) is 0 Å². The van der Waals surface area contributed by atoms with Crippen LogP contribution < -0.4 is 5.32 Å². The maximum atomic E-state index is 11.7. The molecule has 0 unspecified atom stereocenters. The number of aromatic nitrogens is 2. The first-order valence-electron chi connectivity index (χ1n) is 5.71. The fraction of sp³-hybridized carbons (Fsp3) is 0.167. The molecule has 1 amide bonds. The van der Waals surface area contributed by atoms with Gasteiger partial charge in [-0.1, -0.05) is 0 Å². The molecule has 20 heavy (non-hydrogen) atoms. The van der Waals surface area contributed by atoms with Crippen LogP contribution >= 0.6 is 11.8 Å². The number of hydrogen-bond donors (Lipinski definition) is 1. The van der Waals surface area contributed by atoms with Gasteiger partial charge in [-0.3, -0.25) is 19.6 Å². The Balaban J connectivity index is 1.85. The number of carbonyl (C=O) groups is 1. The zero-order valence-corrected chi connectivity index (χ0v) is 11.5. The third kappa shape index (κ3) is 3.82. The molecule has 0 atom stereocenters. The van der Waals surface area contributed by atoms with Crippen LogP contribution in [0.5, 0.6) is 0 Å². The highest BCUT2D eigenvalue weighted by molar-refractivity contribution is 8.00. The molecule has 0 bridgehead atoms. The Morgan fingerprint density at radius 2 is 2.10 bits per heavy atom. The molecule has 0 aliphatic rings. The van der Waals surface area contributed by atoms with Gasteiger partial charge in [0.15, 0.2) is 5.82 Å². The molecule has 1 aromatic heterocycles. The lowest BCUT2D eigenvalue weighted by Crippen LogP contribution is -2.14. The van der Waals surface area contributed by atoms with Gasteiger partial charge in [0, 0.05) is 36.3 Å². The summed E-state index contributed by atoms with van der Waals surface area (Å²) < 4.78 is 1.60. The van der Waals surface area contributed by atoms with E-state index in [1.165, 1.54) is 23.9 Å². The van der Waals surface area contributed by atoms with E-state index in [-0.39, 0.29) is 17.3 Å². The number of non-ortho nitro benzene ring substituents is 1. The number of thioether (sulfide) groups is 1. The zero-order valence-electron chi connectivity index (χ0n) is 10.6. The Labute approximate surface area is 119 Å². The fourth-order valence-corrected chi connectivity index (χ4v) is 2.17. The normalized spacial score (nSPS) is 10.2. The van der Waals surface area contributed by atoms with Gasteiger partial charge in [0.1, 0.15) is 0 Å². The van der Waals surface area contributed by atoms with E-state index in [1.54, 1.807) is 36.1 Å². The molecule has 1 heterocycles. The van der Waals surface area contributed by atoms with Crippen molar-refractivity contribution in [3.05, 3.63) is 46.6 Å². The van der Waals surface area contributed by atoms with Crippen LogP contribution in [-0.2, 0) is 11.8 Å². The summed E-state index contributed by atoms with van der Waals surface area (Å²) in [6, 6.07) is 7.78. The Hall–Kier alpha value is -2.35. The first-order valence-corrected chi connectivity index (χ1v) is 6.70. The van der Waals surface area contributed by atoms with E-state index < -0.39 is 4.92 Å². The summed E-state index contributed by atoms with van der Waals surface area (Å²) in [4.78, 5) is 22.5. The van der Waals surface area contributed by atoms with Gasteiger partial charge in [-0.2, -0.15) is 5.10 Å². The highest BCUT2D eigenvalue weighted by atomic mass is 32.2. The van der Waals surface area contributed by atoms with Gasteiger partial charge in [-0.15, -0.1) is 11.8 Å². The average molecular weight is 292 g/mol. The Morgan fingerprint density at radius 1 is 1.40 bits per heavy atom. The summed E-state index contributed by atoms with van der Waals surface area (Å²) in [5, 5.41) is 17.2. The van der Waals surface area contributed by atoms with Crippen molar-refractivity contribution in [3.8, 4) is 0 Å². The predicted octanol–water partition coefficient (Wildman–Crippen LogP) is 2.06.